The highest BCUT2D eigenvalue weighted by Crippen LogP contribution is 2.18. The maximum Gasteiger partial charge on any atom is 0.256 e. The van der Waals surface area contributed by atoms with Crippen molar-refractivity contribution in [1.82, 2.24) is 29.4 Å². The van der Waals surface area contributed by atoms with Gasteiger partial charge in [0.05, 0.1) is 18.9 Å². The minimum absolute atomic E-state index is 0.0514. The van der Waals surface area contributed by atoms with E-state index in [1.165, 1.54) is 23.5 Å². The first-order valence-corrected chi connectivity index (χ1v) is 11.6. The van der Waals surface area contributed by atoms with Gasteiger partial charge in [-0.25, -0.2) is 4.98 Å². The normalized spacial score (nSPS) is 16.8. The van der Waals surface area contributed by atoms with Crippen molar-refractivity contribution >= 4 is 51.7 Å². The van der Waals surface area contributed by atoms with Crippen LogP contribution in [0.1, 0.15) is 5.69 Å². The van der Waals surface area contributed by atoms with Gasteiger partial charge in [0.1, 0.15) is 17.0 Å². The Labute approximate surface area is 183 Å². The number of ether oxygens (including phenoxy) is 2. The summed E-state index contributed by atoms with van der Waals surface area (Å²) >= 11 is 8.05. The number of carbonyl (C=O) groups is 1. The van der Waals surface area contributed by atoms with Gasteiger partial charge < -0.3 is 19.3 Å². The number of aromatic nitrogens is 4. The molecule has 0 saturated carbocycles. The number of carbonyl (C=O) groups excluding carboxylic acids is 1. The van der Waals surface area contributed by atoms with Gasteiger partial charge in [-0.1, -0.05) is 35.7 Å². The smallest absolute Gasteiger partial charge is 0.256 e. The summed E-state index contributed by atoms with van der Waals surface area (Å²) in [5.74, 6) is 1.43. The van der Waals surface area contributed by atoms with Crippen molar-refractivity contribution < 1.29 is 14.3 Å². The Hall–Kier alpha value is -1.63. The third-order valence-corrected chi connectivity index (χ3v) is 6.42. The lowest BCUT2D eigenvalue weighted by Crippen LogP contribution is -2.48. The van der Waals surface area contributed by atoms with E-state index in [0.717, 1.165) is 5.69 Å². The van der Waals surface area contributed by atoms with E-state index in [4.69, 9.17) is 21.7 Å². The molecule has 1 unspecified atom stereocenters. The Morgan fingerprint density at radius 3 is 2.97 bits per heavy atom. The molecule has 0 spiro atoms. The molecule has 1 saturated heterocycles. The first-order valence-electron chi connectivity index (χ1n) is 9.02. The maximum atomic E-state index is 12.5. The number of morpholine rings is 1. The Bertz CT molecular complexity index is 891. The highest BCUT2D eigenvalue weighted by Gasteiger charge is 2.25. The first-order chi connectivity index (χ1) is 13.9. The second-order valence-corrected chi connectivity index (χ2v) is 9.02. The van der Waals surface area contributed by atoms with E-state index in [2.05, 4.69) is 15.1 Å². The number of hydrogen-bond donors (Lipinski definition) is 0. The molecule has 2 aromatic heterocycles. The molecule has 12 heteroatoms. The van der Waals surface area contributed by atoms with Gasteiger partial charge in [0.25, 0.3) is 5.78 Å². The van der Waals surface area contributed by atoms with Gasteiger partial charge in [-0.15, -0.1) is 5.10 Å². The van der Waals surface area contributed by atoms with E-state index in [1.54, 1.807) is 9.42 Å². The standard InChI is InChI=1S/C17H24N6O3S3/c1-11-7-14(23-15(18-11)19-16(20-23)28-4)26-9-12-8-22(5-6-25-12)13(24)10-29-17(27)21(2)3/h7,12H,5-6,8-10H2,1-4H3. The summed E-state index contributed by atoms with van der Waals surface area (Å²) < 4.78 is 14.0. The van der Waals surface area contributed by atoms with Gasteiger partial charge in [-0.3, -0.25) is 4.79 Å². The minimum atomic E-state index is -0.217. The molecule has 1 atom stereocenters. The van der Waals surface area contributed by atoms with Crippen molar-refractivity contribution in [2.45, 2.75) is 18.2 Å². The fourth-order valence-corrected chi connectivity index (χ4v) is 3.89. The third-order valence-electron chi connectivity index (χ3n) is 4.16. The highest BCUT2D eigenvalue weighted by molar-refractivity contribution is 8.23. The molecule has 9 nitrogen and oxygen atoms in total. The maximum absolute atomic E-state index is 12.5. The summed E-state index contributed by atoms with van der Waals surface area (Å²) in [7, 11) is 3.74. The molecule has 0 aliphatic carbocycles. The number of thioether (sulfide) groups is 2. The first kappa shape index (κ1) is 22.1. The summed E-state index contributed by atoms with van der Waals surface area (Å²) in [6.45, 7) is 3.72. The molecule has 0 N–H and O–H groups in total. The van der Waals surface area contributed by atoms with Crippen molar-refractivity contribution in [1.29, 1.82) is 0 Å². The topological polar surface area (TPSA) is 85.1 Å². The molecule has 0 bridgehead atoms. The van der Waals surface area contributed by atoms with Crippen molar-refractivity contribution in [2.75, 3.05) is 52.4 Å². The minimum Gasteiger partial charge on any atom is -0.475 e. The fourth-order valence-electron chi connectivity index (χ4n) is 2.69. The second-order valence-electron chi connectivity index (χ2n) is 6.64. The number of hydrogen-bond acceptors (Lipinski definition) is 9. The average molecular weight is 457 g/mol. The van der Waals surface area contributed by atoms with Crippen LogP contribution in [0.5, 0.6) is 5.88 Å². The Morgan fingerprint density at radius 1 is 1.45 bits per heavy atom. The van der Waals surface area contributed by atoms with Gasteiger partial charge in [-0.05, 0) is 13.2 Å². The lowest BCUT2D eigenvalue weighted by atomic mass is 10.3. The van der Waals surface area contributed by atoms with Crippen LogP contribution < -0.4 is 4.74 Å². The zero-order valence-electron chi connectivity index (χ0n) is 16.8. The van der Waals surface area contributed by atoms with Crippen LogP contribution in [0, 0.1) is 6.92 Å². The summed E-state index contributed by atoms with van der Waals surface area (Å²) in [6.07, 6.45) is 1.69. The summed E-state index contributed by atoms with van der Waals surface area (Å²) in [4.78, 5) is 24.9. The van der Waals surface area contributed by atoms with Gasteiger partial charge in [-0.2, -0.15) is 9.50 Å². The summed E-state index contributed by atoms with van der Waals surface area (Å²) in [6, 6.07) is 1.82. The molecule has 1 amide bonds. The van der Waals surface area contributed by atoms with Gasteiger partial charge >= 0.3 is 0 Å². The molecular weight excluding hydrogens is 432 g/mol. The van der Waals surface area contributed by atoms with E-state index < -0.39 is 0 Å². The largest absolute Gasteiger partial charge is 0.475 e. The number of amides is 1. The molecule has 3 rings (SSSR count). The van der Waals surface area contributed by atoms with Crippen molar-refractivity contribution in [3.8, 4) is 5.88 Å². The lowest BCUT2D eigenvalue weighted by Gasteiger charge is -2.32. The van der Waals surface area contributed by atoms with Crippen LogP contribution in [0.25, 0.3) is 5.78 Å². The molecule has 0 aromatic carbocycles. The Morgan fingerprint density at radius 2 is 2.24 bits per heavy atom. The van der Waals surface area contributed by atoms with Crippen LogP contribution in [0.3, 0.4) is 0 Å². The Balaban J connectivity index is 1.58. The van der Waals surface area contributed by atoms with Crippen molar-refractivity contribution in [3.05, 3.63) is 11.8 Å². The number of aryl methyl sites for hydroxylation is 1. The number of rotatable bonds is 6. The predicted octanol–water partition coefficient (Wildman–Crippen LogP) is 1.34. The van der Waals surface area contributed by atoms with E-state index in [-0.39, 0.29) is 12.0 Å². The van der Waals surface area contributed by atoms with Crippen molar-refractivity contribution in [3.63, 3.8) is 0 Å². The average Bonchev–Trinajstić information content (AvgIpc) is 3.13. The van der Waals surface area contributed by atoms with Gasteiger partial charge in [0, 0.05) is 32.4 Å². The third kappa shape index (κ3) is 5.71. The van der Waals surface area contributed by atoms with Crippen LogP contribution >= 0.6 is 35.7 Å². The van der Waals surface area contributed by atoms with Crippen LogP contribution in [-0.4, -0.2) is 98.1 Å². The lowest BCUT2D eigenvalue weighted by molar-refractivity contribution is -0.137. The zero-order valence-corrected chi connectivity index (χ0v) is 19.3. The van der Waals surface area contributed by atoms with Gasteiger partial charge in [0.15, 0.2) is 0 Å². The second kappa shape index (κ2) is 9.92. The number of fused-ring (bicyclic) bond motifs is 1. The highest BCUT2D eigenvalue weighted by atomic mass is 32.2. The van der Waals surface area contributed by atoms with Crippen LogP contribution in [0.4, 0.5) is 0 Å². The Kier molecular flexibility index (Phi) is 7.55. The van der Waals surface area contributed by atoms with E-state index in [0.29, 0.717) is 53.2 Å². The van der Waals surface area contributed by atoms with Crippen LogP contribution in [-0.2, 0) is 9.53 Å². The quantitative estimate of drug-likeness (QED) is 0.469. The molecular formula is C17H24N6O3S3. The molecule has 1 fully saturated rings. The number of thiocarbonyl (C=S) groups is 1. The molecule has 1 aliphatic heterocycles. The molecule has 2 aromatic rings. The fraction of sp³-hybridized carbons (Fsp3) is 0.588. The molecule has 3 heterocycles. The zero-order chi connectivity index (χ0) is 21.0. The van der Waals surface area contributed by atoms with Crippen LogP contribution in [0.2, 0.25) is 0 Å². The van der Waals surface area contributed by atoms with E-state index in [1.807, 2.05) is 38.2 Å². The molecule has 0 radical (unpaired) electrons. The molecule has 158 valence electrons. The molecule has 1 aliphatic rings. The van der Waals surface area contributed by atoms with E-state index in [9.17, 15) is 4.79 Å². The predicted molar refractivity (Wildman–Crippen MR) is 118 cm³/mol. The molecule has 29 heavy (non-hydrogen) atoms. The monoisotopic (exact) mass is 456 g/mol. The SMILES string of the molecule is CSc1nc2nc(C)cc(OCC3CN(C(=O)CSC(=S)N(C)C)CCO3)n2n1. The number of nitrogens with zero attached hydrogens (tertiary/aromatic N) is 6. The van der Waals surface area contributed by atoms with Gasteiger partial charge in [0.2, 0.25) is 16.9 Å². The van der Waals surface area contributed by atoms with Crippen LogP contribution in [0.15, 0.2) is 11.2 Å². The summed E-state index contributed by atoms with van der Waals surface area (Å²) in [5.41, 5.74) is 0.794. The van der Waals surface area contributed by atoms with Crippen molar-refractivity contribution in [2.24, 2.45) is 0 Å². The summed E-state index contributed by atoms with van der Waals surface area (Å²) in [5, 5.41) is 5.02. The van der Waals surface area contributed by atoms with E-state index >= 15 is 0 Å².